The van der Waals surface area contributed by atoms with E-state index in [1.807, 2.05) is 48.8 Å². The number of hydrogen-bond acceptors (Lipinski definition) is 5. The zero-order valence-corrected chi connectivity index (χ0v) is 15.4. The summed E-state index contributed by atoms with van der Waals surface area (Å²) in [6.07, 6.45) is 3.06. The number of carbonyl (C=O) groups is 1. The van der Waals surface area contributed by atoms with Gasteiger partial charge in [0.2, 0.25) is 0 Å². The Bertz CT molecular complexity index is 859. The maximum absolute atomic E-state index is 12.6. The van der Waals surface area contributed by atoms with Gasteiger partial charge in [0.15, 0.2) is 0 Å². The number of nitrogens with zero attached hydrogens (tertiary/aromatic N) is 3. The second-order valence-corrected chi connectivity index (χ2v) is 7.01. The van der Waals surface area contributed by atoms with E-state index in [4.69, 9.17) is 5.73 Å². The topological polar surface area (TPSA) is 84.4 Å². The molecular formula is C19H22N4O2S. The Balaban J connectivity index is 1.68. The van der Waals surface area contributed by atoms with Crippen molar-refractivity contribution in [3.05, 3.63) is 64.5 Å². The average molecular weight is 370 g/mol. The quantitative estimate of drug-likeness (QED) is 0.495. The molecule has 1 atom stereocenters. The first-order valence-electron chi connectivity index (χ1n) is 8.43. The van der Waals surface area contributed by atoms with Gasteiger partial charge in [0, 0.05) is 30.7 Å². The van der Waals surface area contributed by atoms with E-state index in [9.17, 15) is 10.0 Å². The van der Waals surface area contributed by atoms with E-state index < -0.39 is 11.9 Å². The molecule has 0 saturated heterocycles. The molecule has 2 aromatic heterocycles. The van der Waals surface area contributed by atoms with Gasteiger partial charge in [0.1, 0.15) is 0 Å². The first-order chi connectivity index (χ1) is 12.6. The zero-order valence-electron chi connectivity index (χ0n) is 14.6. The Hall–Kier alpha value is -2.48. The van der Waals surface area contributed by atoms with Crippen molar-refractivity contribution in [3.63, 3.8) is 0 Å². The van der Waals surface area contributed by atoms with Gasteiger partial charge in [-0.2, -0.15) is 5.10 Å². The van der Waals surface area contributed by atoms with Crippen LogP contribution in [-0.2, 0) is 13.5 Å². The fraction of sp³-hybridized carbons (Fsp3) is 0.263. The predicted octanol–water partition coefficient (Wildman–Crippen LogP) is 2.94. The summed E-state index contributed by atoms with van der Waals surface area (Å²) in [5.74, 6) is -0.424. The molecule has 0 saturated carbocycles. The molecule has 1 aromatic carbocycles. The van der Waals surface area contributed by atoms with Crippen molar-refractivity contribution in [3.8, 4) is 11.3 Å². The molecular weight excluding hydrogens is 348 g/mol. The van der Waals surface area contributed by atoms with E-state index in [0.29, 0.717) is 11.3 Å². The number of benzene rings is 1. The van der Waals surface area contributed by atoms with Crippen LogP contribution >= 0.6 is 11.3 Å². The summed E-state index contributed by atoms with van der Waals surface area (Å²) in [6.45, 7) is 0.203. The Labute approximate surface area is 156 Å². The summed E-state index contributed by atoms with van der Waals surface area (Å²) >= 11 is 1.30. The summed E-state index contributed by atoms with van der Waals surface area (Å²) in [7, 11) is 1.85. The van der Waals surface area contributed by atoms with Crippen LogP contribution < -0.4 is 5.73 Å². The minimum Gasteiger partial charge on any atom is -0.328 e. The van der Waals surface area contributed by atoms with Crippen LogP contribution in [0.4, 0.5) is 0 Å². The molecule has 3 rings (SSSR count). The molecule has 0 aliphatic carbocycles. The van der Waals surface area contributed by atoms with Crippen molar-refractivity contribution in [2.75, 3.05) is 6.54 Å². The van der Waals surface area contributed by atoms with E-state index in [-0.39, 0.29) is 6.54 Å². The molecule has 26 heavy (non-hydrogen) atoms. The standard InChI is InChI=1S/C19H22N4O2S/c1-22-17(9-10-21-22)15-11-18(26-13-15)19(24)23(25)16(12-20)8-7-14-5-3-2-4-6-14/h2-6,9-11,13,16,25H,7-8,12,20H2,1H3. The fourth-order valence-electron chi connectivity index (χ4n) is 2.84. The van der Waals surface area contributed by atoms with Gasteiger partial charge in [-0.1, -0.05) is 30.3 Å². The number of nitrogens with two attached hydrogens (primary N) is 1. The minimum absolute atomic E-state index is 0.203. The second-order valence-electron chi connectivity index (χ2n) is 6.10. The van der Waals surface area contributed by atoms with Crippen LogP contribution in [-0.4, -0.2) is 38.5 Å². The highest BCUT2D eigenvalue weighted by atomic mass is 32.1. The second kappa shape index (κ2) is 8.27. The number of thiophene rings is 1. The number of rotatable bonds is 7. The molecule has 7 heteroatoms. The predicted molar refractivity (Wildman–Crippen MR) is 102 cm³/mol. The van der Waals surface area contributed by atoms with Gasteiger partial charge in [-0.05, 0) is 30.5 Å². The van der Waals surface area contributed by atoms with Crippen LogP contribution in [0.1, 0.15) is 21.7 Å². The molecule has 3 N–H and O–H groups in total. The van der Waals surface area contributed by atoms with E-state index in [0.717, 1.165) is 28.3 Å². The number of hydrogen-bond donors (Lipinski definition) is 2. The third-order valence-corrected chi connectivity index (χ3v) is 5.28. The van der Waals surface area contributed by atoms with Gasteiger partial charge >= 0.3 is 0 Å². The third kappa shape index (κ3) is 4.01. The van der Waals surface area contributed by atoms with Crippen LogP contribution in [0.15, 0.2) is 54.0 Å². The highest BCUT2D eigenvalue weighted by molar-refractivity contribution is 7.12. The summed E-state index contributed by atoms with van der Waals surface area (Å²) in [5, 5.41) is 17.2. The largest absolute Gasteiger partial charge is 0.328 e. The van der Waals surface area contributed by atoms with Crippen LogP contribution in [0.3, 0.4) is 0 Å². The van der Waals surface area contributed by atoms with Gasteiger partial charge in [-0.3, -0.25) is 14.7 Å². The van der Waals surface area contributed by atoms with Gasteiger partial charge in [0.25, 0.3) is 5.91 Å². The van der Waals surface area contributed by atoms with Gasteiger partial charge < -0.3 is 5.73 Å². The van der Waals surface area contributed by atoms with E-state index in [1.54, 1.807) is 16.9 Å². The maximum atomic E-state index is 12.6. The number of amides is 1. The molecule has 0 aliphatic heterocycles. The van der Waals surface area contributed by atoms with Crippen molar-refractivity contribution in [1.82, 2.24) is 14.8 Å². The van der Waals surface area contributed by atoms with Crippen molar-refractivity contribution >= 4 is 17.2 Å². The molecule has 136 valence electrons. The first kappa shape index (κ1) is 18.3. The van der Waals surface area contributed by atoms with Crippen LogP contribution in [0.5, 0.6) is 0 Å². The average Bonchev–Trinajstić information content (AvgIpc) is 3.31. The summed E-state index contributed by atoms with van der Waals surface area (Å²) in [4.78, 5) is 13.1. The van der Waals surface area contributed by atoms with Crippen LogP contribution in [0.2, 0.25) is 0 Å². The highest BCUT2D eigenvalue weighted by Gasteiger charge is 2.24. The van der Waals surface area contributed by atoms with E-state index in [1.165, 1.54) is 11.3 Å². The summed E-state index contributed by atoms with van der Waals surface area (Å²) in [6, 6.07) is 13.2. The van der Waals surface area contributed by atoms with Crippen LogP contribution in [0, 0.1) is 0 Å². The lowest BCUT2D eigenvalue weighted by Gasteiger charge is -2.24. The molecule has 1 unspecified atom stereocenters. The zero-order chi connectivity index (χ0) is 18.5. The highest BCUT2D eigenvalue weighted by Crippen LogP contribution is 2.26. The number of hydroxylamine groups is 2. The van der Waals surface area contributed by atoms with Crippen molar-refractivity contribution in [1.29, 1.82) is 0 Å². The van der Waals surface area contributed by atoms with Crippen LogP contribution in [0.25, 0.3) is 11.3 Å². The van der Waals surface area contributed by atoms with Gasteiger partial charge in [-0.15, -0.1) is 11.3 Å². The SMILES string of the molecule is Cn1nccc1-c1csc(C(=O)N(O)C(CN)CCc2ccccc2)c1. The maximum Gasteiger partial charge on any atom is 0.287 e. The lowest BCUT2D eigenvalue weighted by atomic mass is 10.0. The van der Waals surface area contributed by atoms with Crippen molar-refractivity contribution in [2.45, 2.75) is 18.9 Å². The fourth-order valence-corrected chi connectivity index (χ4v) is 3.67. The number of aromatic nitrogens is 2. The molecule has 0 spiro atoms. The van der Waals surface area contributed by atoms with Crippen molar-refractivity contribution < 1.29 is 10.0 Å². The van der Waals surface area contributed by atoms with E-state index >= 15 is 0 Å². The summed E-state index contributed by atoms with van der Waals surface area (Å²) < 4.78 is 1.75. The van der Waals surface area contributed by atoms with Gasteiger partial charge in [-0.25, -0.2) is 5.06 Å². The first-order valence-corrected chi connectivity index (χ1v) is 9.31. The molecule has 0 aliphatic rings. The minimum atomic E-state index is -0.426. The molecule has 3 aromatic rings. The molecule has 0 radical (unpaired) electrons. The molecule has 1 amide bonds. The molecule has 6 nitrogen and oxygen atoms in total. The lowest BCUT2D eigenvalue weighted by Crippen LogP contribution is -2.42. The third-order valence-electron chi connectivity index (χ3n) is 4.36. The summed E-state index contributed by atoms with van der Waals surface area (Å²) in [5.41, 5.74) is 8.77. The van der Waals surface area contributed by atoms with Crippen molar-refractivity contribution in [2.24, 2.45) is 12.8 Å². The number of carbonyl (C=O) groups excluding carboxylic acids is 1. The lowest BCUT2D eigenvalue weighted by molar-refractivity contribution is -0.0875. The Morgan fingerprint density at radius 1 is 1.35 bits per heavy atom. The smallest absolute Gasteiger partial charge is 0.287 e. The molecule has 2 heterocycles. The van der Waals surface area contributed by atoms with E-state index in [2.05, 4.69) is 5.10 Å². The number of aryl methyl sites for hydroxylation is 2. The monoisotopic (exact) mass is 370 g/mol. The normalized spacial score (nSPS) is 12.1. The Morgan fingerprint density at radius 2 is 2.12 bits per heavy atom. The molecule has 0 bridgehead atoms. The Morgan fingerprint density at radius 3 is 2.77 bits per heavy atom. The Kier molecular flexibility index (Phi) is 5.82. The molecule has 0 fully saturated rings. The van der Waals surface area contributed by atoms with Gasteiger partial charge in [0.05, 0.1) is 16.6 Å².